The van der Waals surface area contributed by atoms with E-state index in [1.54, 1.807) is 18.2 Å². The Morgan fingerprint density at radius 2 is 2.22 bits per heavy atom. The molecule has 0 atom stereocenters. The summed E-state index contributed by atoms with van der Waals surface area (Å²) < 4.78 is 29.7. The van der Waals surface area contributed by atoms with Crippen molar-refractivity contribution in [2.75, 3.05) is 29.4 Å². The van der Waals surface area contributed by atoms with Crippen molar-refractivity contribution in [1.82, 2.24) is 0 Å². The number of anilines is 2. The van der Waals surface area contributed by atoms with Crippen LogP contribution in [0, 0.1) is 0 Å². The van der Waals surface area contributed by atoms with Crippen molar-refractivity contribution in [3.05, 3.63) is 23.8 Å². The van der Waals surface area contributed by atoms with Crippen molar-refractivity contribution in [2.45, 2.75) is 6.42 Å². The van der Waals surface area contributed by atoms with Gasteiger partial charge >= 0.3 is 5.97 Å². The van der Waals surface area contributed by atoms with Gasteiger partial charge in [0.1, 0.15) is 0 Å². The fraction of sp³-hybridized carbons (Fsp3) is 0.364. The van der Waals surface area contributed by atoms with E-state index in [1.807, 2.05) is 0 Å². The van der Waals surface area contributed by atoms with Crippen LogP contribution in [0.5, 0.6) is 0 Å². The van der Waals surface area contributed by atoms with Gasteiger partial charge in [-0.05, 0) is 18.6 Å². The summed E-state index contributed by atoms with van der Waals surface area (Å²) in [7, 11) is -2.54. The molecule has 0 fully saturated rings. The molecule has 2 rings (SSSR count). The lowest BCUT2D eigenvalue weighted by molar-refractivity contribution is -0.137. The largest absolute Gasteiger partial charge is 0.468 e. The molecule has 1 aliphatic rings. The molecule has 0 amide bonds. The van der Waals surface area contributed by atoms with Gasteiger partial charge in [0.15, 0.2) is 5.75 Å². The SMILES string of the molecule is COC(=O)CS(=O)(=O)N1CCc2c(N)cccc21. The van der Waals surface area contributed by atoms with E-state index in [9.17, 15) is 13.2 Å². The summed E-state index contributed by atoms with van der Waals surface area (Å²) in [5.41, 5.74) is 7.73. The van der Waals surface area contributed by atoms with Gasteiger partial charge in [-0.3, -0.25) is 9.10 Å². The molecule has 1 aliphatic heterocycles. The highest BCUT2D eigenvalue weighted by atomic mass is 32.2. The summed E-state index contributed by atoms with van der Waals surface area (Å²) in [6.45, 7) is 0.308. The predicted octanol–water partition coefficient (Wildman–Crippen LogP) is 0.134. The summed E-state index contributed by atoms with van der Waals surface area (Å²) in [6.07, 6.45) is 0.558. The maximum Gasteiger partial charge on any atom is 0.322 e. The van der Waals surface area contributed by atoms with Gasteiger partial charge < -0.3 is 10.5 Å². The number of hydrogen-bond acceptors (Lipinski definition) is 5. The molecule has 0 aliphatic carbocycles. The third kappa shape index (κ3) is 2.13. The molecular formula is C11H14N2O4S. The molecule has 0 aromatic heterocycles. The van der Waals surface area contributed by atoms with E-state index in [-0.39, 0.29) is 0 Å². The maximum absolute atomic E-state index is 12.1. The number of ether oxygens (including phenoxy) is 1. The zero-order valence-electron chi connectivity index (χ0n) is 9.92. The molecule has 1 heterocycles. The number of esters is 1. The Morgan fingerprint density at radius 3 is 2.89 bits per heavy atom. The van der Waals surface area contributed by atoms with Crippen molar-refractivity contribution in [3.63, 3.8) is 0 Å². The molecule has 1 aromatic rings. The number of sulfonamides is 1. The van der Waals surface area contributed by atoms with Gasteiger partial charge in [-0.25, -0.2) is 8.42 Å². The summed E-state index contributed by atoms with van der Waals surface area (Å²) in [4.78, 5) is 11.1. The lowest BCUT2D eigenvalue weighted by atomic mass is 10.1. The molecule has 7 heteroatoms. The van der Waals surface area contributed by atoms with E-state index < -0.39 is 21.7 Å². The van der Waals surface area contributed by atoms with Crippen LogP contribution in [0.25, 0.3) is 0 Å². The van der Waals surface area contributed by atoms with Crippen LogP contribution in [-0.4, -0.2) is 33.8 Å². The zero-order chi connectivity index (χ0) is 13.3. The Hall–Kier alpha value is -1.76. The number of nitrogen functional groups attached to an aromatic ring is 1. The zero-order valence-corrected chi connectivity index (χ0v) is 10.7. The van der Waals surface area contributed by atoms with Crippen molar-refractivity contribution >= 4 is 27.4 Å². The number of benzene rings is 1. The minimum Gasteiger partial charge on any atom is -0.468 e. The van der Waals surface area contributed by atoms with Crippen molar-refractivity contribution in [1.29, 1.82) is 0 Å². The molecule has 0 saturated carbocycles. The van der Waals surface area contributed by atoms with E-state index in [0.717, 1.165) is 12.7 Å². The molecule has 6 nitrogen and oxygen atoms in total. The smallest absolute Gasteiger partial charge is 0.322 e. The topological polar surface area (TPSA) is 89.7 Å². The Morgan fingerprint density at radius 1 is 1.50 bits per heavy atom. The first-order valence-corrected chi connectivity index (χ1v) is 7.01. The average molecular weight is 270 g/mol. The minimum absolute atomic E-state index is 0.308. The van der Waals surface area contributed by atoms with Crippen LogP contribution in [0.3, 0.4) is 0 Å². The van der Waals surface area contributed by atoms with Gasteiger partial charge in [0.25, 0.3) is 0 Å². The van der Waals surface area contributed by atoms with Crippen LogP contribution in [0.4, 0.5) is 11.4 Å². The Balaban J connectivity index is 2.34. The lowest BCUT2D eigenvalue weighted by Crippen LogP contribution is -2.34. The molecule has 0 saturated heterocycles. The number of fused-ring (bicyclic) bond motifs is 1. The monoisotopic (exact) mass is 270 g/mol. The van der Waals surface area contributed by atoms with Crippen LogP contribution >= 0.6 is 0 Å². The van der Waals surface area contributed by atoms with E-state index in [4.69, 9.17) is 5.73 Å². The van der Waals surface area contributed by atoms with E-state index in [2.05, 4.69) is 4.74 Å². The normalized spacial score (nSPS) is 14.4. The maximum atomic E-state index is 12.1. The van der Waals surface area contributed by atoms with Gasteiger partial charge in [-0.2, -0.15) is 0 Å². The number of nitrogens with two attached hydrogens (primary N) is 1. The highest BCUT2D eigenvalue weighted by Crippen LogP contribution is 2.33. The number of rotatable bonds is 3. The Labute approximate surface area is 105 Å². The van der Waals surface area contributed by atoms with Crippen molar-refractivity contribution in [2.24, 2.45) is 0 Å². The molecule has 0 unspecified atom stereocenters. The second-order valence-corrected chi connectivity index (χ2v) is 5.89. The summed E-state index contributed by atoms with van der Waals surface area (Å²) in [6, 6.07) is 5.11. The summed E-state index contributed by atoms with van der Waals surface area (Å²) in [5.74, 6) is -1.43. The molecular weight excluding hydrogens is 256 g/mol. The first-order valence-electron chi connectivity index (χ1n) is 5.40. The number of methoxy groups -OCH3 is 1. The molecule has 18 heavy (non-hydrogen) atoms. The second-order valence-electron chi connectivity index (χ2n) is 4.00. The quantitative estimate of drug-likeness (QED) is 0.623. The van der Waals surface area contributed by atoms with Gasteiger partial charge in [0.2, 0.25) is 10.0 Å². The van der Waals surface area contributed by atoms with Crippen molar-refractivity contribution in [3.8, 4) is 0 Å². The number of nitrogens with zero attached hydrogens (tertiary/aromatic N) is 1. The van der Waals surface area contributed by atoms with Crippen LogP contribution < -0.4 is 10.0 Å². The standard InChI is InChI=1S/C11H14N2O4S/c1-17-11(14)7-18(15,16)13-6-5-8-9(12)3-2-4-10(8)13/h2-4H,5-7,12H2,1H3. The highest BCUT2D eigenvalue weighted by Gasteiger charge is 2.32. The second kappa shape index (κ2) is 4.49. The molecule has 1 aromatic carbocycles. The number of hydrogen-bond donors (Lipinski definition) is 1. The van der Waals surface area contributed by atoms with Crippen LogP contribution in [0.15, 0.2) is 18.2 Å². The fourth-order valence-electron chi connectivity index (χ4n) is 2.01. The first-order chi connectivity index (χ1) is 8.45. The van der Waals surface area contributed by atoms with Crippen LogP contribution in [0.1, 0.15) is 5.56 Å². The summed E-state index contributed by atoms with van der Waals surface area (Å²) >= 11 is 0. The molecule has 2 N–H and O–H groups in total. The van der Waals surface area contributed by atoms with Crippen LogP contribution in [-0.2, 0) is 26.0 Å². The highest BCUT2D eigenvalue weighted by molar-refractivity contribution is 7.93. The number of carbonyl (C=O) groups excluding carboxylic acids is 1. The Kier molecular flexibility index (Phi) is 3.16. The van der Waals surface area contributed by atoms with Crippen LogP contribution in [0.2, 0.25) is 0 Å². The van der Waals surface area contributed by atoms with E-state index in [1.165, 1.54) is 4.31 Å². The van der Waals surface area contributed by atoms with Gasteiger partial charge in [-0.15, -0.1) is 0 Å². The third-order valence-corrected chi connectivity index (χ3v) is 4.54. The molecule has 0 spiro atoms. The van der Waals surface area contributed by atoms with Gasteiger partial charge in [0.05, 0.1) is 12.8 Å². The average Bonchev–Trinajstić information content (AvgIpc) is 2.74. The fourth-order valence-corrected chi connectivity index (χ4v) is 3.42. The summed E-state index contributed by atoms with van der Waals surface area (Å²) in [5, 5.41) is 0. The molecule has 98 valence electrons. The minimum atomic E-state index is -3.70. The number of carbonyl (C=O) groups is 1. The van der Waals surface area contributed by atoms with E-state index >= 15 is 0 Å². The first kappa shape index (κ1) is 12.7. The molecule has 0 radical (unpaired) electrons. The predicted molar refractivity (Wildman–Crippen MR) is 67.7 cm³/mol. The lowest BCUT2D eigenvalue weighted by Gasteiger charge is -2.18. The van der Waals surface area contributed by atoms with Gasteiger partial charge in [-0.1, -0.05) is 6.07 Å². The Bertz CT molecular complexity index is 583. The van der Waals surface area contributed by atoms with Crippen molar-refractivity contribution < 1.29 is 17.9 Å². The van der Waals surface area contributed by atoms with E-state index in [0.29, 0.717) is 24.3 Å². The third-order valence-electron chi connectivity index (χ3n) is 2.88. The van der Waals surface area contributed by atoms with Gasteiger partial charge in [0, 0.05) is 17.8 Å². The molecule has 0 bridgehead atoms.